The zero-order valence-corrected chi connectivity index (χ0v) is 21.1. The third-order valence-corrected chi connectivity index (χ3v) is 7.33. The number of aliphatic carboxylic acids is 1. The standard InChI is InChI=1S/C26H18F6N2O6S/c27-25(28,29)22(26(30,31)32)21(24(36)37)34-41(38,39)18-11-7-15(8-12-18)14-5-9-17(10-6-14)33-23(35)20-13-16-3-1-2-4-19(16)40-20/h1-13,21-22,34H,(H,33,35)(H,36,37). The smallest absolute Gasteiger partial charge is 0.402 e. The summed E-state index contributed by atoms with van der Waals surface area (Å²) in [6, 6.07) is 15.5. The number of rotatable bonds is 8. The van der Waals surface area contributed by atoms with Crippen molar-refractivity contribution in [3.8, 4) is 11.1 Å². The van der Waals surface area contributed by atoms with Crippen LogP contribution < -0.4 is 10.0 Å². The van der Waals surface area contributed by atoms with Gasteiger partial charge in [-0.05, 0) is 47.5 Å². The van der Waals surface area contributed by atoms with Crippen LogP contribution in [0.4, 0.5) is 32.0 Å². The molecule has 0 bridgehead atoms. The van der Waals surface area contributed by atoms with Gasteiger partial charge < -0.3 is 14.8 Å². The van der Waals surface area contributed by atoms with E-state index >= 15 is 0 Å². The fourth-order valence-electron chi connectivity index (χ4n) is 3.92. The lowest BCUT2D eigenvalue weighted by Gasteiger charge is -2.28. The second-order valence-corrected chi connectivity index (χ2v) is 10.4. The van der Waals surface area contributed by atoms with Gasteiger partial charge in [-0.1, -0.05) is 42.5 Å². The Kier molecular flexibility index (Phi) is 7.87. The maximum absolute atomic E-state index is 13.0. The third kappa shape index (κ3) is 6.69. The molecule has 1 amide bonds. The molecule has 0 saturated heterocycles. The molecule has 0 spiro atoms. The predicted molar refractivity (Wildman–Crippen MR) is 133 cm³/mol. The number of para-hydroxylation sites is 1. The molecule has 4 aromatic rings. The number of fused-ring (bicyclic) bond motifs is 1. The van der Waals surface area contributed by atoms with E-state index in [-0.39, 0.29) is 5.76 Å². The summed E-state index contributed by atoms with van der Waals surface area (Å²) in [5.41, 5.74) is 1.84. The Bertz CT molecular complexity index is 1630. The second kappa shape index (κ2) is 10.9. The largest absolute Gasteiger partial charge is 0.480 e. The lowest BCUT2D eigenvalue weighted by molar-refractivity contribution is -0.290. The number of benzene rings is 3. The number of hydrogen-bond donors (Lipinski definition) is 3. The molecule has 0 fully saturated rings. The summed E-state index contributed by atoms with van der Waals surface area (Å²) in [6.07, 6.45) is -12.2. The SMILES string of the molecule is O=C(Nc1ccc(-c2ccc(S(=O)(=O)NC(C(=O)O)C(C(F)(F)F)C(F)(F)F)cc2)cc1)c1cc2ccccc2o1. The first-order valence-electron chi connectivity index (χ1n) is 11.5. The van der Waals surface area contributed by atoms with Crippen molar-refractivity contribution in [3.63, 3.8) is 0 Å². The number of sulfonamides is 1. The van der Waals surface area contributed by atoms with Gasteiger partial charge in [0, 0.05) is 11.1 Å². The maximum atomic E-state index is 13.0. The number of nitrogens with one attached hydrogen (secondary N) is 2. The summed E-state index contributed by atoms with van der Waals surface area (Å²) in [7, 11) is -5.11. The van der Waals surface area contributed by atoms with E-state index < -0.39 is 51.1 Å². The molecule has 1 atom stereocenters. The minimum absolute atomic E-state index is 0.0857. The van der Waals surface area contributed by atoms with Crippen molar-refractivity contribution in [2.24, 2.45) is 5.92 Å². The van der Waals surface area contributed by atoms with Crippen LogP contribution in [0.3, 0.4) is 0 Å². The van der Waals surface area contributed by atoms with Crippen LogP contribution in [0.5, 0.6) is 0 Å². The van der Waals surface area contributed by atoms with E-state index in [1.165, 1.54) is 24.3 Å². The Hall–Kier alpha value is -4.37. The predicted octanol–water partition coefficient (Wildman–Crippen LogP) is 5.82. The van der Waals surface area contributed by atoms with E-state index in [4.69, 9.17) is 9.52 Å². The van der Waals surface area contributed by atoms with Crippen LogP contribution in [-0.2, 0) is 14.8 Å². The summed E-state index contributed by atoms with van der Waals surface area (Å²) in [5.74, 6) is -7.55. The molecule has 0 saturated carbocycles. The van der Waals surface area contributed by atoms with Gasteiger partial charge in [-0.25, -0.2) is 8.42 Å². The number of anilines is 1. The van der Waals surface area contributed by atoms with Crippen LogP contribution in [0.2, 0.25) is 0 Å². The van der Waals surface area contributed by atoms with Gasteiger partial charge in [0.05, 0.1) is 4.90 Å². The topological polar surface area (TPSA) is 126 Å². The molecule has 15 heteroatoms. The minimum atomic E-state index is -6.09. The highest BCUT2D eigenvalue weighted by Gasteiger charge is 2.63. The zero-order valence-electron chi connectivity index (χ0n) is 20.3. The van der Waals surface area contributed by atoms with Gasteiger partial charge in [-0.2, -0.15) is 31.1 Å². The molecule has 8 nitrogen and oxygen atoms in total. The van der Waals surface area contributed by atoms with Crippen LogP contribution in [0, 0.1) is 5.92 Å². The summed E-state index contributed by atoms with van der Waals surface area (Å²) >= 11 is 0. The molecular weight excluding hydrogens is 582 g/mol. The minimum Gasteiger partial charge on any atom is -0.480 e. The molecule has 0 aliphatic heterocycles. The van der Waals surface area contributed by atoms with Gasteiger partial charge in [0.1, 0.15) is 11.6 Å². The van der Waals surface area contributed by atoms with Gasteiger partial charge in [0.2, 0.25) is 10.0 Å². The molecule has 3 aromatic carbocycles. The second-order valence-electron chi connectivity index (χ2n) is 8.70. The number of hydrogen-bond acceptors (Lipinski definition) is 5. The first kappa shape index (κ1) is 29.6. The Balaban J connectivity index is 1.48. The first-order valence-corrected chi connectivity index (χ1v) is 12.9. The van der Waals surface area contributed by atoms with Gasteiger partial charge in [0.25, 0.3) is 5.91 Å². The highest BCUT2D eigenvalue weighted by Crippen LogP contribution is 2.42. The van der Waals surface area contributed by atoms with Crippen LogP contribution in [0.1, 0.15) is 10.6 Å². The number of alkyl halides is 6. The van der Waals surface area contributed by atoms with Crippen LogP contribution in [0.25, 0.3) is 22.1 Å². The number of halogens is 6. The van der Waals surface area contributed by atoms with Crippen molar-refractivity contribution in [3.05, 3.63) is 84.6 Å². The van der Waals surface area contributed by atoms with Gasteiger partial charge >= 0.3 is 18.3 Å². The average molecular weight is 600 g/mol. The quantitative estimate of drug-likeness (QED) is 0.219. The molecular formula is C26H18F6N2O6S. The van der Waals surface area contributed by atoms with Gasteiger partial charge in [-0.3, -0.25) is 9.59 Å². The summed E-state index contributed by atoms with van der Waals surface area (Å²) < 4.78 is 110. The van der Waals surface area contributed by atoms with E-state index in [2.05, 4.69) is 5.32 Å². The molecule has 216 valence electrons. The zero-order chi connectivity index (χ0) is 30.2. The molecule has 1 unspecified atom stereocenters. The Labute approximate surface area is 227 Å². The number of carbonyl (C=O) groups is 2. The van der Waals surface area contributed by atoms with Crippen molar-refractivity contribution in [2.75, 3.05) is 5.32 Å². The lowest BCUT2D eigenvalue weighted by atomic mass is 9.99. The van der Waals surface area contributed by atoms with Crippen LogP contribution >= 0.6 is 0 Å². The lowest BCUT2D eigenvalue weighted by Crippen LogP contribution is -2.56. The average Bonchev–Trinajstić information content (AvgIpc) is 3.32. The first-order chi connectivity index (χ1) is 19.1. The Morgan fingerprint density at radius 1 is 0.805 bits per heavy atom. The van der Waals surface area contributed by atoms with Crippen molar-refractivity contribution in [1.82, 2.24) is 4.72 Å². The normalized spacial score (nSPS) is 13.3. The summed E-state index contributed by atoms with van der Waals surface area (Å²) in [6.45, 7) is 0. The number of furan rings is 1. The molecule has 3 N–H and O–H groups in total. The summed E-state index contributed by atoms with van der Waals surface area (Å²) in [5, 5.41) is 12.4. The fourth-order valence-corrected chi connectivity index (χ4v) is 5.12. The number of carbonyl (C=O) groups excluding carboxylic acids is 1. The molecule has 0 aliphatic rings. The number of carboxylic acid groups (broad SMARTS) is 1. The van der Waals surface area contributed by atoms with E-state index in [0.717, 1.165) is 22.2 Å². The highest BCUT2D eigenvalue weighted by molar-refractivity contribution is 7.89. The van der Waals surface area contributed by atoms with Gasteiger partial charge in [0.15, 0.2) is 11.7 Å². The van der Waals surface area contributed by atoms with Crippen molar-refractivity contribution >= 4 is 38.6 Å². The molecule has 1 heterocycles. The molecule has 0 aliphatic carbocycles. The maximum Gasteiger partial charge on any atom is 0.402 e. The highest BCUT2D eigenvalue weighted by atomic mass is 32.2. The number of carboxylic acids is 1. The molecule has 0 radical (unpaired) electrons. The molecule has 1 aromatic heterocycles. The van der Waals surface area contributed by atoms with Gasteiger partial charge in [-0.15, -0.1) is 0 Å². The molecule has 41 heavy (non-hydrogen) atoms. The van der Waals surface area contributed by atoms with Crippen molar-refractivity contribution in [1.29, 1.82) is 0 Å². The van der Waals surface area contributed by atoms with E-state index in [1.807, 2.05) is 0 Å². The molecule has 4 rings (SSSR count). The van der Waals surface area contributed by atoms with E-state index in [9.17, 15) is 44.3 Å². The van der Waals surface area contributed by atoms with Crippen LogP contribution in [0.15, 0.2) is 88.2 Å². The third-order valence-electron chi connectivity index (χ3n) is 5.88. The van der Waals surface area contributed by atoms with Crippen molar-refractivity contribution in [2.45, 2.75) is 23.3 Å². The van der Waals surface area contributed by atoms with E-state index in [1.54, 1.807) is 42.5 Å². The monoisotopic (exact) mass is 600 g/mol. The number of amides is 1. The fraction of sp³-hybridized carbons (Fsp3) is 0.154. The Morgan fingerprint density at radius 3 is 1.85 bits per heavy atom. The van der Waals surface area contributed by atoms with Crippen molar-refractivity contribution < 1.29 is 53.9 Å². The summed E-state index contributed by atoms with van der Waals surface area (Å²) in [4.78, 5) is 23.0. The van der Waals surface area contributed by atoms with Crippen LogP contribution in [-0.4, -0.2) is 43.8 Å². The Morgan fingerprint density at radius 2 is 1.34 bits per heavy atom. The van der Waals surface area contributed by atoms with E-state index in [0.29, 0.717) is 22.4 Å².